The van der Waals surface area contributed by atoms with Gasteiger partial charge in [0.25, 0.3) is 0 Å². The Bertz CT molecular complexity index is 1560. The summed E-state index contributed by atoms with van der Waals surface area (Å²) in [5, 5.41) is 0. The summed E-state index contributed by atoms with van der Waals surface area (Å²) in [7, 11) is 4.90. The Labute approximate surface area is 376 Å². The number of aromatic nitrogens is 3. The molecular formula is C44H69N5O15. The van der Waals surface area contributed by atoms with Gasteiger partial charge in [0.05, 0.1) is 139 Å². The number of hydrogen-bond donors (Lipinski definition) is 2. The van der Waals surface area contributed by atoms with Gasteiger partial charge >= 0.3 is 0 Å². The molecule has 0 aliphatic heterocycles. The van der Waals surface area contributed by atoms with Gasteiger partial charge < -0.3 is 82.5 Å². The molecule has 20 heteroatoms. The highest BCUT2D eigenvalue weighted by Gasteiger charge is 2.16. The summed E-state index contributed by atoms with van der Waals surface area (Å²) >= 11 is 0. The van der Waals surface area contributed by atoms with Crippen molar-refractivity contribution in [1.29, 1.82) is 0 Å². The zero-order valence-corrected chi connectivity index (χ0v) is 37.7. The van der Waals surface area contributed by atoms with Crippen LogP contribution in [0.1, 0.15) is 11.1 Å². The second-order valence-corrected chi connectivity index (χ2v) is 13.2. The molecule has 64 heavy (non-hydrogen) atoms. The fourth-order valence-corrected chi connectivity index (χ4v) is 5.20. The van der Waals surface area contributed by atoms with Crippen LogP contribution in [0, 0.1) is 0 Å². The van der Waals surface area contributed by atoms with E-state index in [-0.39, 0.29) is 31.7 Å². The van der Waals surface area contributed by atoms with Gasteiger partial charge in [0.1, 0.15) is 19.8 Å². The number of ether oxygens (including phenoxy) is 15. The van der Waals surface area contributed by atoms with Crippen LogP contribution in [0.5, 0.6) is 17.2 Å². The van der Waals surface area contributed by atoms with Crippen LogP contribution in [-0.2, 0) is 56.8 Å². The topological polar surface area (TPSA) is 229 Å². The molecule has 1 heterocycles. The molecule has 1 aromatic heterocycles. The average Bonchev–Trinajstić information content (AvgIpc) is 3.29. The third-order valence-electron chi connectivity index (χ3n) is 8.32. The van der Waals surface area contributed by atoms with Crippen LogP contribution < -0.4 is 25.7 Å². The molecule has 0 fully saturated rings. The number of methoxy groups -OCH3 is 3. The Hall–Kier alpha value is -4.29. The highest BCUT2D eigenvalue weighted by Crippen LogP contribution is 2.39. The minimum absolute atomic E-state index is 0.0518. The predicted molar refractivity (Wildman–Crippen MR) is 239 cm³/mol. The number of benzene rings is 2. The average molecular weight is 908 g/mol. The van der Waals surface area contributed by atoms with E-state index in [1.54, 1.807) is 21.3 Å². The molecule has 0 bridgehead atoms. The molecular weight excluding hydrogens is 839 g/mol. The molecule has 0 saturated carbocycles. The van der Waals surface area contributed by atoms with Gasteiger partial charge in [-0.2, -0.15) is 15.0 Å². The van der Waals surface area contributed by atoms with Crippen molar-refractivity contribution in [1.82, 2.24) is 15.0 Å². The summed E-state index contributed by atoms with van der Waals surface area (Å²) in [4.78, 5) is 12.2. The van der Waals surface area contributed by atoms with Crippen molar-refractivity contribution in [3.8, 4) is 28.6 Å². The van der Waals surface area contributed by atoms with E-state index >= 15 is 0 Å². The molecule has 0 spiro atoms. The van der Waals surface area contributed by atoms with Crippen LogP contribution in [0.3, 0.4) is 0 Å². The molecule has 0 aliphatic carbocycles. The van der Waals surface area contributed by atoms with Crippen molar-refractivity contribution in [3.63, 3.8) is 0 Å². The Morgan fingerprint density at radius 2 is 0.688 bits per heavy atom. The molecule has 360 valence electrons. The first kappa shape index (κ1) is 54.0. The lowest BCUT2D eigenvalue weighted by Gasteiger charge is -2.18. The lowest BCUT2D eigenvalue weighted by molar-refractivity contribution is -0.00160. The molecule has 4 N–H and O–H groups in total. The van der Waals surface area contributed by atoms with Crippen LogP contribution in [0.25, 0.3) is 23.5 Å². The van der Waals surface area contributed by atoms with E-state index in [0.29, 0.717) is 162 Å². The van der Waals surface area contributed by atoms with E-state index in [0.717, 1.165) is 16.7 Å². The molecule has 3 aromatic rings. The van der Waals surface area contributed by atoms with Gasteiger partial charge in [0.2, 0.25) is 17.6 Å². The lowest BCUT2D eigenvalue weighted by atomic mass is 10.1. The summed E-state index contributed by atoms with van der Waals surface area (Å²) in [6.07, 6.45) is 3.91. The Morgan fingerprint density at radius 1 is 0.375 bits per heavy atom. The molecule has 0 amide bonds. The zero-order valence-electron chi connectivity index (χ0n) is 37.7. The van der Waals surface area contributed by atoms with E-state index in [9.17, 15) is 0 Å². The van der Waals surface area contributed by atoms with Crippen LogP contribution in [-0.4, -0.2) is 195 Å². The molecule has 0 aliphatic rings. The van der Waals surface area contributed by atoms with Crippen LogP contribution in [0.15, 0.2) is 36.4 Å². The smallest absolute Gasteiger partial charge is 0.225 e. The molecule has 2 aromatic carbocycles. The fraction of sp³-hybridized carbons (Fsp3) is 0.614. The minimum atomic E-state index is 0.0518. The van der Waals surface area contributed by atoms with Gasteiger partial charge in [-0.3, -0.25) is 0 Å². The largest absolute Gasteiger partial charge is 0.487 e. The highest BCUT2D eigenvalue weighted by molar-refractivity contribution is 5.73. The van der Waals surface area contributed by atoms with Gasteiger partial charge in [-0.1, -0.05) is 36.4 Å². The Balaban J connectivity index is 1.66. The van der Waals surface area contributed by atoms with Crippen molar-refractivity contribution in [2.75, 3.05) is 191 Å². The minimum Gasteiger partial charge on any atom is -0.487 e. The maximum atomic E-state index is 6.29. The number of nitrogens with two attached hydrogens (primary N) is 2. The monoisotopic (exact) mass is 907 g/mol. The van der Waals surface area contributed by atoms with Crippen molar-refractivity contribution in [2.45, 2.75) is 0 Å². The standard InChI is InChI=1S/C44H69N5O15/c1-50-10-13-53-16-19-56-22-25-59-28-31-62-39-34-37(5-4-36-6-8-38(9-7-36)42-47-43(45)49-44(46)48-42)35-40(63-32-29-60-26-23-57-20-17-54-14-11-51-2)41(39)64-33-30-61-27-24-58-21-18-55-15-12-52-3/h4-9,34-35H,10-33H2,1-3H3,(H4,45,46,47,48,49)/b5-4+. The maximum absolute atomic E-state index is 6.29. The third-order valence-corrected chi connectivity index (χ3v) is 8.32. The molecule has 20 nitrogen and oxygen atoms in total. The number of hydrogen-bond acceptors (Lipinski definition) is 20. The quantitative estimate of drug-likeness (QED) is 0.0615. The molecule has 0 saturated heterocycles. The first-order valence-electron chi connectivity index (χ1n) is 21.3. The highest BCUT2D eigenvalue weighted by atomic mass is 16.6. The van der Waals surface area contributed by atoms with E-state index in [1.807, 2.05) is 48.6 Å². The van der Waals surface area contributed by atoms with Crippen LogP contribution in [0.2, 0.25) is 0 Å². The third kappa shape index (κ3) is 25.9. The first-order valence-corrected chi connectivity index (χ1v) is 21.3. The molecule has 3 rings (SSSR count). The van der Waals surface area contributed by atoms with Crippen LogP contribution in [0.4, 0.5) is 11.9 Å². The van der Waals surface area contributed by atoms with E-state index in [2.05, 4.69) is 15.0 Å². The van der Waals surface area contributed by atoms with Gasteiger partial charge in [0.15, 0.2) is 17.3 Å². The van der Waals surface area contributed by atoms with Gasteiger partial charge in [-0.25, -0.2) is 0 Å². The molecule has 0 atom stereocenters. The maximum Gasteiger partial charge on any atom is 0.225 e. The number of nitrogens with zero attached hydrogens (tertiary/aromatic N) is 3. The van der Waals surface area contributed by atoms with E-state index < -0.39 is 0 Å². The summed E-state index contributed by atoms with van der Waals surface area (Å²) in [5.74, 6) is 1.83. The van der Waals surface area contributed by atoms with Crippen molar-refractivity contribution >= 4 is 24.0 Å². The summed E-state index contributed by atoms with van der Waals surface area (Å²) in [5.41, 5.74) is 14.0. The van der Waals surface area contributed by atoms with Gasteiger partial charge in [-0.15, -0.1) is 0 Å². The second kappa shape index (κ2) is 37.0. The van der Waals surface area contributed by atoms with Gasteiger partial charge in [-0.05, 0) is 23.3 Å². The number of rotatable bonds is 42. The van der Waals surface area contributed by atoms with Crippen molar-refractivity contribution in [2.24, 2.45) is 0 Å². The Morgan fingerprint density at radius 3 is 1.05 bits per heavy atom. The normalized spacial score (nSPS) is 11.5. The van der Waals surface area contributed by atoms with Crippen molar-refractivity contribution < 1.29 is 71.1 Å². The summed E-state index contributed by atoms with van der Waals surface area (Å²) < 4.78 is 84.1. The van der Waals surface area contributed by atoms with Gasteiger partial charge in [0, 0.05) is 26.9 Å². The second-order valence-electron chi connectivity index (χ2n) is 13.2. The predicted octanol–water partition coefficient (Wildman–Crippen LogP) is 3.10. The van der Waals surface area contributed by atoms with Crippen molar-refractivity contribution in [3.05, 3.63) is 47.5 Å². The first-order chi connectivity index (χ1) is 31.5. The SMILES string of the molecule is COCCOCCOCCOCCOc1cc(/C=C/c2ccc(-c3nc(N)nc(N)n3)cc2)cc(OCCOCCOCCOCCOC)c1OCCOCCOCCOCCOC. The lowest BCUT2D eigenvalue weighted by Crippen LogP contribution is -2.16. The fourth-order valence-electron chi connectivity index (χ4n) is 5.20. The molecule has 0 unspecified atom stereocenters. The van der Waals surface area contributed by atoms with E-state index in [1.165, 1.54) is 0 Å². The summed E-state index contributed by atoms with van der Waals surface area (Å²) in [6.45, 7) is 10.1. The Kier molecular flexibility index (Phi) is 31.2. The zero-order chi connectivity index (χ0) is 45.6. The number of nitrogen functional groups attached to an aromatic ring is 2. The summed E-state index contributed by atoms with van der Waals surface area (Å²) in [6, 6.07) is 11.4. The molecule has 0 radical (unpaired) electrons. The number of anilines is 2. The van der Waals surface area contributed by atoms with E-state index in [4.69, 9.17) is 82.5 Å². The van der Waals surface area contributed by atoms with Crippen LogP contribution >= 0.6 is 0 Å².